The maximum absolute atomic E-state index is 11.5. The summed E-state index contributed by atoms with van der Waals surface area (Å²) < 4.78 is 0. The zero-order valence-corrected chi connectivity index (χ0v) is 9.53. The molecule has 1 fully saturated rings. The predicted octanol–water partition coefficient (Wildman–Crippen LogP) is 1.11. The monoisotopic (exact) mass is 223 g/mol. The smallest absolute Gasteiger partial charge is 0.303 e. The van der Waals surface area contributed by atoms with Crippen LogP contribution in [0, 0.1) is 17.8 Å². The van der Waals surface area contributed by atoms with Gasteiger partial charge < -0.3 is 10.0 Å². The molecule has 16 heavy (non-hydrogen) atoms. The van der Waals surface area contributed by atoms with E-state index in [2.05, 4.69) is 11.8 Å². The van der Waals surface area contributed by atoms with Crippen LogP contribution in [0.5, 0.6) is 0 Å². The van der Waals surface area contributed by atoms with Crippen molar-refractivity contribution in [3.63, 3.8) is 0 Å². The Morgan fingerprint density at radius 2 is 2.25 bits per heavy atom. The highest BCUT2D eigenvalue weighted by Gasteiger charge is 2.22. The largest absolute Gasteiger partial charge is 0.481 e. The topological polar surface area (TPSA) is 57.6 Å². The minimum absolute atomic E-state index is 0.137. The fraction of sp³-hybridized carbons (Fsp3) is 0.667. The summed E-state index contributed by atoms with van der Waals surface area (Å²) in [7, 11) is 0. The Labute approximate surface area is 95.6 Å². The van der Waals surface area contributed by atoms with E-state index in [-0.39, 0.29) is 12.3 Å². The van der Waals surface area contributed by atoms with Crippen LogP contribution < -0.4 is 0 Å². The number of piperidine rings is 1. The minimum Gasteiger partial charge on any atom is -0.481 e. The standard InChI is InChI=1S/C12H17NO3/c1-2-4-11(14)13-8-3-5-10(9-13)6-7-12(15)16/h10H,3,5-9H2,1H3,(H,15,16). The van der Waals surface area contributed by atoms with Crippen molar-refractivity contribution in [3.05, 3.63) is 0 Å². The van der Waals surface area contributed by atoms with E-state index in [0.717, 1.165) is 19.4 Å². The van der Waals surface area contributed by atoms with Crippen molar-refractivity contribution in [1.82, 2.24) is 4.90 Å². The summed E-state index contributed by atoms with van der Waals surface area (Å²) in [5.74, 6) is 4.52. The van der Waals surface area contributed by atoms with E-state index in [1.165, 1.54) is 0 Å². The van der Waals surface area contributed by atoms with Crippen LogP contribution >= 0.6 is 0 Å². The number of hydrogen-bond acceptors (Lipinski definition) is 2. The average molecular weight is 223 g/mol. The molecule has 1 amide bonds. The second-order valence-electron chi connectivity index (χ2n) is 4.07. The van der Waals surface area contributed by atoms with Gasteiger partial charge in [0.25, 0.3) is 5.91 Å². The van der Waals surface area contributed by atoms with Gasteiger partial charge >= 0.3 is 5.97 Å². The van der Waals surface area contributed by atoms with E-state index in [1.807, 2.05) is 0 Å². The number of carboxylic acid groups (broad SMARTS) is 1. The Bertz CT molecular complexity index is 327. The highest BCUT2D eigenvalue weighted by atomic mass is 16.4. The molecule has 4 heteroatoms. The Balaban J connectivity index is 2.42. The van der Waals surface area contributed by atoms with Gasteiger partial charge in [-0.3, -0.25) is 9.59 Å². The maximum Gasteiger partial charge on any atom is 0.303 e. The van der Waals surface area contributed by atoms with Gasteiger partial charge in [0.15, 0.2) is 0 Å². The van der Waals surface area contributed by atoms with E-state index >= 15 is 0 Å². The van der Waals surface area contributed by atoms with Crippen molar-refractivity contribution in [2.24, 2.45) is 5.92 Å². The molecule has 0 bridgehead atoms. The third-order valence-electron chi connectivity index (χ3n) is 2.80. The summed E-state index contributed by atoms with van der Waals surface area (Å²) >= 11 is 0. The second-order valence-corrected chi connectivity index (χ2v) is 4.07. The Hall–Kier alpha value is -1.50. The van der Waals surface area contributed by atoms with E-state index in [9.17, 15) is 9.59 Å². The molecule has 0 radical (unpaired) electrons. The van der Waals surface area contributed by atoms with E-state index < -0.39 is 5.97 Å². The molecule has 0 aromatic carbocycles. The molecular formula is C12H17NO3. The Kier molecular flexibility index (Phi) is 4.84. The van der Waals surface area contributed by atoms with Gasteiger partial charge in [0.2, 0.25) is 0 Å². The predicted molar refractivity (Wildman–Crippen MR) is 59.6 cm³/mol. The SMILES string of the molecule is CC#CC(=O)N1CCCC(CCC(=O)O)C1. The molecule has 1 unspecified atom stereocenters. The van der Waals surface area contributed by atoms with Crippen LogP contribution in [0.4, 0.5) is 0 Å². The number of aliphatic carboxylic acids is 1. The van der Waals surface area contributed by atoms with Crippen LogP contribution in [0.3, 0.4) is 0 Å². The molecule has 1 aliphatic rings. The molecule has 88 valence electrons. The summed E-state index contributed by atoms with van der Waals surface area (Å²) in [5.41, 5.74) is 0. The van der Waals surface area contributed by atoms with E-state index in [1.54, 1.807) is 11.8 Å². The normalized spacial score (nSPS) is 19.8. The summed E-state index contributed by atoms with van der Waals surface area (Å²) in [6, 6.07) is 0. The quantitative estimate of drug-likeness (QED) is 0.729. The number of likely N-dealkylation sites (tertiary alicyclic amines) is 1. The van der Waals surface area contributed by atoms with Crippen molar-refractivity contribution < 1.29 is 14.7 Å². The fourth-order valence-corrected chi connectivity index (χ4v) is 2.00. The number of carbonyl (C=O) groups is 2. The third kappa shape index (κ3) is 3.93. The van der Waals surface area contributed by atoms with Gasteiger partial charge in [-0.1, -0.05) is 5.92 Å². The van der Waals surface area contributed by atoms with Crippen molar-refractivity contribution in [2.45, 2.75) is 32.6 Å². The van der Waals surface area contributed by atoms with Gasteiger partial charge in [0.1, 0.15) is 0 Å². The van der Waals surface area contributed by atoms with E-state index in [0.29, 0.717) is 18.9 Å². The zero-order valence-electron chi connectivity index (χ0n) is 9.53. The molecule has 0 aliphatic carbocycles. The first-order valence-corrected chi connectivity index (χ1v) is 5.57. The van der Waals surface area contributed by atoms with E-state index in [4.69, 9.17) is 5.11 Å². The highest BCUT2D eigenvalue weighted by Crippen LogP contribution is 2.20. The highest BCUT2D eigenvalue weighted by molar-refractivity contribution is 5.93. The molecule has 1 atom stereocenters. The van der Waals surface area contributed by atoms with Crippen LogP contribution in [-0.2, 0) is 9.59 Å². The lowest BCUT2D eigenvalue weighted by Gasteiger charge is -2.31. The van der Waals surface area contributed by atoms with Gasteiger partial charge in [-0.15, -0.1) is 0 Å². The summed E-state index contributed by atoms with van der Waals surface area (Å²) in [6.45, 7) is 3.04. The second kappa shape index (κ2) is 6.16. The maximum atomic E-state index is 11.5. The molecular weight excluding hydrogens is 206 g/mol. The first-order valence-electron chi connectivity index (χ1n) is 5.57. The molecule has 0 saturated carbocycles. The zero-order chi connectivity index (χ0) is 12.0. The molecule has 1 heterocycles. The summed E-state index contributed by atoms with van der Waals surface area (Å²) in [6.07, 6.45) is 2.79. The number of rotatable bonds is 3. The van der Waals surface area contributed by atoms with Gasteiger partial charge in [0.05, 0.1) is 0 Å². The van der Waals surface area contributed by atoms with Crippen molar-refractivity contribution in [2.75, 3.05) is 13.1 Å². The molecule has 4 nitrogen and oxygen atoms in total. The number of hydrogen-bond donors (Lipinski definition) is 1. The lowest BCUT2D eigenvalue weighted by Crippen LogP contribution is -2.39. The van der Waals surface area contributed by atoms with Crippen LogP contribution in [-0.4, -0.2) is 35.0 Å². The fourth-order valence-electron chi connectivity index (χ4n) is 2.00. The molecule has 1 saturated heterocycles. The molecule has 1 N–H and O–H groups in total. The van der Waals surface area contributed by atoms with Crippen LogP contribution in [0.25, 0.3) is 0 Å². The molecule has 0 aromatic heterocycles. The first-order chi connectivity index (χ1) is 7.63. The lowest BCUT2D eigenvalue weighted by molar-refractivity contribution is -0.137. The molecule has 0 spiro atoms. The number of carboxylic acids is 1. The van der Waals surface area contributed by atoms with Gasteiger partial charge in [-0.05, 0) is 38.0 Å². The van der Waals surface area contributed by atoms with Crippen molar-refractivity contribution >= 4 is 11.9 Å². The summed E-state index contributed by atoms with van der Waals surface area (Å²) in [4.78, 5) is 23.7. The number of nitrogens with zero attached hydrogens (tertiary/aromatic N) is 1. The van der Waals surface area contributed by atoms with Gasteiger partial charge in [-0.2, -0.15) is 0 Å². The van der Waals surface area contributed by atoms with Crippen molar-refractivity contribution in [3.8, 4) is 11.8 Å². The Morgan fingerprint density at radius 3 is 2.88 bits per heavy atom. The number of amides is 1. The molecule has 1 rings (SSSR count). The third-order valence-corrected chi connectivity index (χ3v) is 2.80. The Morgan fingerprint density at radius 1 is 1.50 bits per heavy atom. The lowest BCUT2D eigenvalue weighted by atomic mass is 9.93. The van der Waals surface area contributed by atoms with Crippen LogP contribution in [0.15, 0.2) is 0 Å². The molecule has 1 aliphatic heterocycles. The van der Waals surface area contributed by atoms with Crippen LogP contribution in [0.2, 0.25) is 0 Å². The number of carbonyl (C=O) groups excluding carboxylic acids is 1. The van der Waals surface area contributed by atoms with Crippen LogP contribution in [0.1, 0.15) is 32.6 Å². The molecule has 0 aromatic rings. The van der Waals surface area contributed by atoms with Crippen molar-refractivity contribution in [1.29, 1.82) is 0 Å². The first kappa shape index (κ1) is 12.6. The van der Waals surface area contributed by atoms with Gasteiger partial charge in [0, 0.05) is 19.5 Å². The summed E-state index contributed by atoms with van der Waals surface area (Å²) in [5, 5.41) is 8.60. The minimum atomic E-state index is -0.767. The van der Waals surface area contributed by atoms with Gasteiger partial charge in [-0.25, -0.2) is 0 Å². The average Bonchev–Trinajstić information content (AvgIpc) is 2.27.